The Labute approximate surface area is 250 Å². The normalized spacial score (nSPS) is 32.9. The number of aryl methyl sites for hydroxylation is 1. The predicted octanol–water partition coefficient (Wildman–Crippen LogP) is 0.885. The Hall–Kier alpha value is -2.82. The number of rotatable bonds is 8. The molecule has 2 aliphatic heterocycles. The van der Waals surface area contributed by atoms with Gasteiger partial charge in [0.05, 0.1) is 6.61 Å². The zero-order valence-corrected chi connectivity index (χ0v) is 23.8. The summed E-state index contributed by atoms with van der Waals surface area (Å²) >= 11 is 1.56. The van der Waals surface area contributed by atoms with Gasteiger partial charge in [0.2, 0.25) is 0 Å². The first-order valence-electron chi connectivity index (χ1n) is 13.6. The van der Waals surface area contributed by atoms with Crippen LogP contribution < -0.4 is 0 Å². The molecule has 0 amide bonds. The molecule has 3 aromatic rings. The first-order chi connectivity index (χ1) is 20.5. The van der Waals surface area contributed by atoms with Gasteiger partial charge in [-0.3, -0.25) is 0 Å². The number of thiophene rings is 1. The molecule has 5 rings (SSSR count). The summed E-state index contributed by atoms with van der Waals surface area (Å²) in [6, 6.07) is 15.6. The lowest BCUT2D eigenvalue weighted by atomic mass is 9.89. The number of carbonyl (C=O) groups is 1. The molecule has 0 saturated carbocycles. The molecular weight excluding hydrogens is 587 g/mol. The van der Waals surface area contributed by atoms with Gasteiger partial charge in [-0.1, -0.05) is 30.3 Å². The van der Waals surface area contributed by atoms with E-state index in [-0.39, 0.29) is 5.82 Å². The fraction of sp³-hybridized carbons (Fsp3) is 0.433. The van der Waals surface area contributed by atoms with Gasteiger partial charge in [0.1, 0.15) is 54.6 Å². The summed E-state index contributed by atoms with van der Waals surface area (Å²) < 4.78 is 30.0. The molecule has 10 atom stereocenters. The number of halogens is 1. The van der Waals surface area contributed by atoms with E-state index in [0.717, 1.165) is 26.4 Å². The fourth-order valence-electron chi connectivity index (χ4n) is 5.33. The highest BCUT2D eigenvalue weighted by Crippen LogP contribution is 2.37. The van der Waals surface area contributed by atoms with E-state index >= 15 is 0 Å². The molecule has 2 fully saturated rings. The minimum atomic E-state index is -1.95. The fourth-order valence-corrected chi connectivity index (χ4v) is 6.37. The van der Waals surface area contributed by atoms with Crippen LogP contribution in [0.1, 0.15) is 27.7 Å². The van der Waals surface area contributed by atoms with Gasteiger partial charge in [0.25, 0.3) is 0 Å². The molecule has 2 aliphatic rings. The molecule has 0 aliphatic carbocycles. The summed E-state index contributed by atoms with van der Waals surface area (Å²) in [7, 11) is 0. The van der Waals surface area contributed by atoms with Crippen molar-refractivity contribution in [2.24, 2.45) is 0 Å². The number of benzene rings is 2. The molecule has 7 N–H and O–H groups in total. The topological polar surface area (TPSA) is 186 Å². The third-order valence-corrected chi connectivity index (χ3v) is 8.96. The van der Waals surface area contributed by atoms with Crippen molar-refractivity contribution in [3.63, 3.8) is 0 Å². The van der Waals surface area contributed by atoms with Crippen molar-refractivity contribution >= 4 is 17.3 Å². The summed E-state index contributed by atoms with van der Waals surface area (Å²) in [5, 5.41) is 71.9. The molecule has 2 aromatic carbocycles. The van der Waals surface area contributed by atoms with Crippen LogP contribution in [0.3, 0.4) is 0 Å². The standard InChI is InChI=1S/C30H33FO11S/c1-13-2-3-15(10-16(13)11-18-8-9-20(43-18)14-4-6-17(31)7-5-14)26-25(37)27(21(33)19(12-32)40-26)41-30-24(36)22(34)23(35)28(42-30)29(38)39/h2-10,19,21-28,30,32-37H,11-12H2,1H3,(H,38,39)/t19-,21-,22+,23+,24-,25+,26+,27+,28+,30-/m1/s1. The monoisotopic (exact) mass is 620 g/mol. The van der Waals surface area contributed by atoms with Crippen LogP contribution in [-0.4, -0.2) is 103 Å². The number of aliphatic hydroxyl groups excluding tert-OH is 6. The second-order valence-corrected chi connectivity index (χ2v) is 11.9. The van der Waals surface area contributed by atoms with Crippen LogP contribution >= 0.6 is 11.3 Å². The SMILES string of the molecule is Cc1ccc([C@@H]2O[C@H](CO)[C@@H](O)[C@H](O[C@@H]3O[C@H](C(=O)O)[C@@H](O)[C@H](O)[C@H]3O)[C@H]2O)cc1Cc1ccc(-c2ccc(F)cc2)s1. The molecule has 2 saturated heterocycles. The highest BCUT2D eigenvalue weighted by molar-refractivity contribution is 7.15. The van der Waals surface area contributed by atoms with Gasteiger partial charge in [-0.15, -0.1) is 11.3 Å². The van der Waals surface area contributed by atoms with Crippen molar-refractivity contribution in [1.29, 1.82) is 0 Å². The average molecular weight is 621 g/mol. The summed E-state index contributed by atoms with van der Waals surface area (Å²) in [6.45, 7) is 1.27. The van der Waals surface area contributed by atoms with E-state index in [9.17, 15) is 44.9 Å². The van der Waals surface area contributed by atoms with Gasteiger partial charge in [0, 0.05) is 16.2 Å². The van der Waals surface area contributed by atoms with Crippen molar-refractivity contribution in [1.82, 2.24) is 0 Å². The van der Waals surface area contributed by atoms with Crippen molar-refractivity contribution in [3.8, 4) is 10.4 Å². The molecule has 1 aromatic heterocycles. The molecule has 13 heteroatoms. The molecule has 11 nitrogen and oxygen atoms in total. The lowest BCUT2D eigenvalue weighted by Crippen LogP contribution is -2.64. The van der Waals surface area contributed by atoms with E-state index in [2.05, 4.69) is 0 Å². The lowest BCUT2D eigenvalue weighted by molar-refractivity contribution is -0.337. The molecule has 0 unspecified atom stereocenters. The van der Waals surface area contributed by atoms with Crippen molar-refractivity contribution in [3.05, 3.63) is 82.0 Å². The third kappa shape index (κ3) is 6.51. The highest BCUT2D eigenvalue weighted by Gasteiger charge is 2.52. The first-order valence-corrected chi connectivity index (χ1v) is 14.4. The van der Waals surface area contributed by atoms with E-state index in [1.54, 1.807) is 29.5 Å². The first kappa shape index (κ1) is 31.6. The summed E-state index contributed by atoms with van der Waals surface area (Å²) in [5.74, 6) is -1.93. The molecule has 43 heavy (non-hydrogen) atoms. The van der Waals surface area contributed by atoms with Gasteiger partial charge in [-0.2, -0.15) is 0 Å². The van der Waals surface area contributed by atoms with E-state index in [1.165, 1.54) is 12.1 Å². The van der Waals surface area contributed by atoms with Crippen LogP contribution in [0, 0.1) is 12.7 Å². The van der Waals surface area contributed by atoms with Crippen LogP contribution in [0.15, 0.2) is 54.6 Å². The maximum absolute atomic E-state index is 13.3. The zero-order valence-electron chi connectivity index (χ0n) is 22.9. The molecular formula is C30H33FO11S. The van der Waals surface area contributed by atoms with Gasteiger partial charge in [-0.05, 0) is 53.4 Å². The van der Waals surface area contributed by atoms with E-state index < -0.39 is 73.8 Å². The predicted molar refractivity (Wildman–Crippen MR) is 150 cm³/mol. The van der Waals surface area contributed by atoms with E-state index in [1.807, 2.05) is 31.2 Å². The molecule has 0 bridgehead atoms. The number of carboxylic acids is 1. The quantitative estimate of drug-likeness (QED) is 0.190. The smallest absolute Gasteiger partial charge is 0.335 e. The number of hydrogen-bond acceptors (Lipinski definition) is 11. The minimum Gasteiger partial charge on any atom is -0.479 e. The largest absolute Gasteiger partial charge is 0.479 e. The Balaban J connectivity index is 1.37. The van der Waals surface area contributed by atoms with Gasteiger partial charge in [0.15, 0.2) is 12.4 Å². The number of aliphatic hydroxyl groups is 6. The highest BCUT2D eigenvalue weighted by atomic mass is 32.1. The Bertz CT molecular complexity index is 1420. The van der Waals surface area contributed by atoms with Crippen LogP contribution in [0.2, 0.25) is 0 Å². The zero-order chi connectivity index (χ0) is 31.0. The van der Waals surface area contributed by atoms with Crippen molar-refractivity contribution in [2.45, 2.75) is 74.6 Å². The maximum atomic E-state index is 13.3. The number of ether oxygens (including phenoxy) is 3. The second kappa shape index (κ2) is 13.0. The van der Waals surface area contributed by atoms with Gasteiger partial charge in [-0.25, -0.2) is 9.18 Å². The Morgan fingerprint density at radius 3 is 2.30 bits per heavy atom. The van der Waals surface area contributed by atoms with Crippen molar-refractivity contribution < 1.29 is 59.1 Å². The lowest BCUT2D eigenvalue weighted by Gasteiger charge is -2.46. The van der Waals surface area contributed by atoms with Gasteiger partial charge < -0.3 is 50.0 Å². The maximum Gasteiger partial charge on any atom is 0.335 e. The van der Waals surface area contributed by atoms with E-state index in [4.69, 9.17) is 14.2 Å². The van der Waals surface area contributed by atoms with Crippen LogP contribution in [0.25, 0.3) is 10.4 Å². The van der Waals surface area contributed by atoms with Crippen molar-refractivity contribution in [2.75, 3.05) is 6.61 Å². The third-order valence-electron chi connectivity index (χ3n) is 7.83. The number of carboxylic acid groups (broad SMARTS) is 1. The second-order valence-electron chi connectivity index (χ2n) is 10.7. The van der Waals surface area contributed by atoms with Crippen LogP contribution in [0.5, 0.6) is 0 Å². The Morgan fingerprint density at radius 1 is 0.907 bits per heavy atom. The summed E-state index contributed by atoms with van der Waals surface area (Å²) in [5.41, 5.74) is 3.28. The average Bonchev–Trinajstić information content (AvgIpc) is 3.45. The van der Waals surface area contributed by atoms with Gasteiger partial charge >= 0.3 is 5.97 Å². The molecule has 3 heterocycles. The minimum absolute atomic E-state index is 0.313. The van der Waals surface area contributed by atoms with E-state index in [0.29, 0.717) is 12.0 Å². The summed E-state index contributed by atoms with van der Waals surface area (Å²) in [4.78, 5) is 13.5. The molecule has 0 spiro atoms. The Morgan fingerprint density at radius 2 is 1.63 bits per heavy atom. The summed E-state index contributed by atoms with van der Waals surface area (Å²) in [6.07, 6.45) is -16.1. The number of aliphatic carboxylic acids is 1. The molecule has 232 valence electrons. The van der Waals surface area contributed by atoms with Crippen LogP contribution in [0.4, 0.5) is 4.39 Å². The van der Waals surface area contributed by atoms with Crippen LogP contribution in [-0.2, 0) is 25.4 Å². The Kier molecular flexibility index (Phi) is 9.58. The molecule has 0 radical (unpaired) electrons. The number of hydrogen-bond donors (Lipinski definition) is 7.